The third-order valence-corrected chi connectivity index (χ3v) is 2.62. The Morgan fingerprint density at radius 1 is 1.31 bits per heavy atom. The predicted octanol–water partition coefficient (Wildman–Crippen LogP) is 1.47. The van der Waals surface area contributed by atoms with E-state index in [2.05, 4.69) is 31.3 Å². The average Bonchev–Trinajstić information content (AvgIpc) is 2.26. The first-order valence-electron chi connectivity index (χ1n) is 5.57. The fourth-order valence-electron chi connectivity index (χ4n) is 1.52. The minimum Gasteiger partial charge on any atom is -0.369 e. The molecule has 3 N–H and O–H groups in total. The Morgan fingerprint density at radius 3 is 2.50 bits per heavy atom. The molecule has 0 spiro atoms. The quantitative estimate of drug-likeness (QED) is 0.763. The molecule has 1 aromatic rings. The van der Waals surface area contributed by atoms with Gasteiger partial charge in [-0.3, -0.25) is 4.79 Å². The SMILES string of the molecule is CC(C)(CCc1ccccc1)NCC(N)=O. The minimum absolute atomic E-state index is 0.0646. The molecule has 0 saturated heterocycles. The van der Waals surface area contributed by atoms with Crippen LogP contribution in [0.25, 0.3) is 0 Å². The first-order chi connectivity index (χ1) is 7.49. The highest BCUT2D eigenvalue weighted by atomic mass is 16.1. The van der Waals surface area contributed by atoms with Crippen molar-refractivity contribution in [3.05, 3.63) is 35.9 Å². The number of rotatable bonds is 6. The van der Waals surface area contributed by atoms with Gasteiger partial charge in [-0.2, -0.15) is 0 Å². The van der Waals surface area contributed by atoms with E-state index in [4.69, 9.17) is 5.73 Å². The van der Waals surface area contributed by atoms with Crippen LogP contribution < -0.4 is 11.1 Å². The molecule has 16 heavy (non-hydrogen) atoms. The fourth-order valence-corrected chi connectivity index (χ4v) is 1.52. The van der Waals surface area contributed by atoms with Gasteiger partial charge in [0.25, 0.3) is 0 Å². The van der Waals surface area contributed by atoms with Crippen LogP contribution in [0.2, 0.25) is 0 Å². The van der Waals surface area contributed by atoms with Crippen LogP contribution in [-0.4, -0.2) is 18.0 Å². The monoisotopic (exact) mass is 220 g/mol. The lowest BCUT2D eigenvalue weighted by Crippen LogP contribution is -2.44. The van der Waals surface area contributed by atoms with Crippen molar-refractivity contribution in [3.8, 4) is 0 Å². The van der Waals surface area contributed by atoms with E-state index in [9.17, 15) is 4.79 Å². The number of carbonyl (C=O) groups excluding carboxylic acids is 1. The van der Waals surface area contributed by atoms with E-state index in [0.717, 1.165) is 12.8 Å². The number of amides is 1. The van der Waals surface area contributed by atoms with Crippen molar-refractivity contribution < 1.29 is 4.79 Å². The molecule has 3 heteroatoms. The van der Waals surface area contributed by atoms with Crippen LogP contribution in [0.4, 0.5) is 0 Å². The lowest BCUT2D eigenvalue weighted by atomic mass is 9.95. The Hall–Kier alpha value is -1.35. The summed E-state index contributed by atoms with van der Waals surface area (Å²) in [5.74, 6) is -0.312. The molecule has 88 valence electrons. The second-order valence-electron chi connectivity index (χ2n) is 4.69. The molecule has 1 amide bonds. The number of nitrogens with two attached hydrogens (primary N) is 1. The van der Waals surface area contributed by atoms with Crippen molar-refractivity contribution >= 4 is 5.91 Å². The number of hydrogen-bond acceptors (Lipinski definition) is 2. The van der Waals surface area contributed by atoms with Gasteiger partial charge in [0.2, 0.25) is 5.91 Å². The maximum atomic E-state index is 10.7. The lowest BCUT2D eigenvalue weighted by molar-refractivity contribution is -0.117. The Morgan fingerprint density at radius 2 is 1.94 bits per heavy atom. The van der Waals surface area contributed by atoms with E-state index in [1.807, 2.05) is 18.2 Å². The first-order valence-corrected chi connectivity index (χ1v) is 5.57. The van der Waals surface area contributed by atoms with Gasteiger partial charge in [-0.1, -0.05) is 30.3 Å². The Balaban J connectivity index is 2.38. The summed E-state index contributed by atoms with van der Waals surface area (Å²) in [7, 11) is 0. The van der Waals surface area contributed by atoms with Gasteiger partial charge < -0.3 is 11.1 Å². The summed E-state index contributed by atoms with van der Waals surface area (Å²) >= 11 is 0. The number of hydrogen-bond donors (Lipinski definition) is 2. The normalized spacial score (nSPS) is 11.4. The average molecular weight is 220 g/mol. The van der Waals surface area contributed by atoms with Crippen molar-refractivity contribution in [2.24, 2.45) is 5.73 Å². The molecule has 0 aromatic heterocycles. The van der Waals surface area contributed by atoms with Crippen LogP contribution in [0.1, 0.15) is 25.8 Å². The number of nitrogens with one attached hydrogen (secondary N) is 1. The van der Waals surface area contributed by atoms with E-state index in [-0.39, 0.29) is 18.0 Å². The zero-order valence-corrected chi connectivity index (χ0v) is 9.99. The third kappa shape index (κ3) is 4.94. The Labute approximate surface area is 97.0 Å². The highest BCUT2D eigenvalue weighted by Gasteiger charge is 2.17. The molecule has 0 aliphatic rings. The van der Waals surface area contributed by atoms with Gasteiger partial charge >= 0.3 is 0 Å². The highest BCUT2D eigenvalue weighted by molar-refractivity contribution is 5.75. The van der Waals surface area contributed by atoms with Crippen molar-refractivity contribution in [2.45, 2.75) is 32.2 Å². The second-order valence-corrected chi connectivity index (χ2v) is 4.69. The summed E-state index contributed by atoms with van der Waals surface area (Å²) in [4.78, 5) is 10.7. The van der Waals surface area contributed by atoms with Gasteiger partial charge in [0.1, 0.15) is 0 Å². The van der Waals surface area contributed by atoms with Gasteiger partial charge in [-0.25, -0.2) is 0 Å². The van der Waals surface area contributed by atoms with Crippen molar-refractivity contribution in [3.63, 3.8) is 0 Å². The Kier molecular flexibility index (Phi) is 4.50. The second kappa shape index (κ2) is 5.66. The van der Waals surface area contributed by atoms with Crippen LogP contribution in [-0.2, 0) is 11.2 Å². The zero-order valence-electron chi connectivity index (χ0n) is 9.99. The van der Waals surface area contributed by atoms with E-state index in [1.54, 1.807) is 0 Å². The standard InChI is InChI=1S/C13H20N2O/c1-13(2,15-10-12(14)16)9-8-11-6-4-3-5-7-11/h3-7,15H,8-10H2,1-2H3,(H2,14,16). The molecule has 0 bridgehead atoms. The molecule has 0 unspecified atom stereocenters. The molecular weight excluding hydrogens is 200 g/mol. The van der Waals surface area contributed by atoms with Crippen LogP contribution in [0.3, 0.4) is 0 Å². The van der Waals surface area contributed by atoms with E-state index in [1.165, 1.54) is 5.56 Å². The molecule has 0 heterocycles. The third-order valence-electron chi connectivity index (χ3n) is 2.62. The maximum absolute atomic E-state index is 10.7. The summed E-state index contributed by atoms with van der Waals surface area (Å²) in [6.07, 6.45) is 1.98. The van der Waals surface area contributed by atoms with Crippen LogP contribution in [0.5, 0.6) is 0 Å². The fraction of sp³-hybridized carbons (Fsp3) is 0.462. The highest BCUT2D eigenvalue weighted by Crippen LogP contribution is 2.13. The number of aryl methyl sites for hydroxylation is 1. The van der Waals surface area contributed by atoms with Crippen molar-refractivity contribution in [1.82, 2.24) is 5.32 Å². The largest absolute Gasteiger partial charge is 0.369 e. The molecule has 1 aromatic carbocycles. The van der Waals surface area contributed by atoms with Crippen LogP contribution in [0.15, 0.2) is 30.3 Å². The minimum atomic E-state index is -0.312. The predicted molar refractivity (Wildman–Crippen MR) is 66.0 cm³/mol. The van der Waals surface area contributed by atoms with Crippen LogP contribution in [0, 0.1) is 0 Å². The van der Waals surface area contributed by atoms with Crippen molar-refractivity contribution in [1.29, 1.82) is 0 Å². The van der Waals surface area contributed by atoms with E-state index in [0.29, 0.717) is 0 Å². The number of primary amides is 1. The number of carbonyl (C=O) groups is 1. The number of benzene rings is 1. The zero-order chi connectivity index (χ0) is 12.0. The summed E-state index contributed by atoms with van der Waals surface area (Å²) < 4.78 is 0. The lowest BCUT2D eigenvalue weighted by Gasteiger charge is -2.25. The Bertz CT molecular complexity index is 333. The summed E-state index contributed by atoms with van der Waals surface area (Å²) in [6, 6.07) is 10.3. The maximum Gasteiger partial charge on any atom is 0.231 e. The summed E-state index contributed by atoms with van der Waals surface area (Å²) in [5.41, 5.74) is 6.36. The smallest absolute Gasteiger partial charge is 0.231 e. The van der Waals surface area contributed by atoms with Gasteiger partial charge in [0, 0.05) is 5.54 Å². The summed E-state index contributed by atoms with van der Waals surface area (Å²) in [6.45, 7) is 4.40. The molecule has 0 fully saturated rings. The topological polar surface area (TPSA) is 55.1 Å². The molecule has 0 saturated carbocycles. The molecule has 3 nitrogen and oxygen atoms in total. The van der Waals surface area contributed by atoms with Crippen molar-refractivity contribution in [2.75, 3.05) is 6.54 Å². The van der Waals surface area contributed by atoms with Gasteiger partial charge in [0.05, 0.1) is 6.54 Å². The van der Waals surface area contributed by atoms with E-state index < -0.39 is 0 Å². The molecule has 0 aliphatic heterocycles. The molecule has 0 atom stereocenters. The van der Waals surface area contributed by atoms with Gasteiger partial charge in [-0.05, 0) is 32.3 Å². The molecule has 0 aliphatic carbocycles. The summed E-state index contributed by atoms with van der Waals surface area (Å²) in [5, 5.41) is 3.15. The van der Waals surface area contributed by atoms with E-state index >= 15 is 0 Å². The van der Waals surface area contributed by atoms with Gasteiger partial charge in [-0.15, -0.1) is 0 Å². The molecular formula is C13H20N2O. The molecule has 1 rings (SSSR count). The first kappa shape index (κ1) is 12.7. The van der Waals surface area contributed by atoms with Crippen LogP contribution >= 0.6 is 0 Å². The molecule has 0 radical (unpaired) electrons. The van der Waals surface area contributed by atoms with Gasteiger partial charge in [0.15, 0.2) is 0 Å².